The predicted molar refractivity (Wildman–Crippen MR) is 109 cm³/mol. The van der Waals surface area contributed by atoms with Crippen molar-refractivity contribution < 1.29 is 14.3 Å². The van der Waals surface area contributed by atoms with E-state index in [2.05, 4.69) is 5.32 Å². The zero-order valence-electron chi connectivity index (χ0n) is 15.4. The van der Waals surface area contributed by atoms with Crippen molar-refractivity contribution in [2.75, 3.05) is 26.7 Å². The fourth-order valence-electron chi connectivity index (χ4n) is 3.22. The lowest BCUT2D eigenvalue weighted by Gasteiger charge is -2.38. The van der Waals surface area contributed by atoms with Crippen molar-refractivity contribution in [3.8, 4) is 11.5 Å². The predicted octanol–water partition coefficient (Wildman–Crippen LogP) is 3.71. The number of ether oxygens (including phenoxy) is 2. The summed E-state index contributed by atoms with van der Waals surface area (Å²) in [5.74, 6) is 1.31. The van der Waals surface area contributed by atoms with Gasteiger partial charge in [0.15, 0.2) is 6.10 Å². The number of halogens is 2. The van der Waals surface area contributed by atoms with Gasteiger partial charge in [-0.1, -0.05) is 35.9 Å². The van der Waals surface area contributed by atoms with Crippen LogP contribution in [0, 0.1) is 0 Å². The molecule has 1 heterocycles. The van der Waals surface area contributed by atoms with E-state index in [1.54, 1.807) is 38.3 Å². The van der Waals surface area contributed by atoms with E-state index in [0.717, 1.165) is 17.9 Å². The molecule has 1 aliphatic rings. The molecular formula is C20H24Cl2N2O3. The van der Waals surface area contributed by atoms with Crippen molar-refractivity contribution in [2.45, 2.75) is 19.1 Å². The number of rotatable bonds is 5. The maximum atomic E-state index is 13.1. The van der Waals surface area contributed by atoms with Crippen LogP contribution < -0.4 is 14.8 Å². The number of piperazine rings is 1. The molecule has 2 unspecified atom stereocenters. The summed E-state index contributed by atoms with van der Waals surface area (Å²) in [6, 6.07) is 14.8. The van der Waals surface area contributed by atoms with Gasteiger partial charge >= 0.3 is 0 Å². The smallest absolute Gasteiger partial charge is 0.263 e. The first-order valence-electron chi connectivity index (χ1n) is 8.66. The summed E-state index contributed by atoms with van der Waals surface area (Å²) in [6.45, 7) is 3.81. The highest BCUT2D eigenvalue weighted by atomic mass is 35.5. The van der Waals surface area contributed by atoms with Gasteiger partial charge in [-0.3, -0.25) is 4.79 Å². The lowest BCUT2D eigenvalue weighted by atomic mass is 10.0. The highest BCUT2D eigenvalue weighted by Crippen LogP contribution is 2.31. The van der Waals surface area contributed by atoms with Gasteiger partial charge in [-0.25, -0.2) is 0 Å². The van der Waals surface area contributed by atoms with Crippen molar-refractivity contribution >= 4 is 29.9 Å². The Hall–Kier alpha value is -1.95. The van der Waals surface area contributed by atoms with Gasteiger partial charge in [0.05, 0.1) is 13.2 Å². The maximum Gasteiger partial charge on any atom is 0.263 e. The molecule has 1 saturated heterocycles. The Bertz CT molecular complexity index is 772. The number of benzene rings is 2. The molecule has 27 heavy (non-hydrogen) atoms. The Kier molecular flexibility index (Phi) is 7.78. The van der Waals surface area contributed by atoms with Crippen LogP contribution in [0.4, 0.5) is 0 Å². The highest BCUT2D eigenvalue weighted by molar-refractivity contribution is 6.30. The van der Waals surface area contributed by atoms with Crippen LogP contribution >= 0.6 is 24.0 Å². The van der Waals surface area contributed by atoms with Crippen molar-refractivity contribution in [2.24, 2.45) is 0 Å². The number of carbonyl (C=O) groups excluding carboxylic acids is 1. The van der Waals surface area contributed by atoms with Crippen LogP contribution in [-0.2, 0) is 4.79 Å². The van der Waals surface area contributed by atoms with Crippen LogP contribution in [0.1, 0.15) is 18.5 Å². The Labute approximate surface area is 171 Å². The molecule has 0 bridgehead atoms. The maximum absolute atomic E-state index is 13.1. The van der Waals surface area contributed by atoms with E-state index >= 15 is 0 Å². The second-order valence-electron chi connectivity index (χ2n) is 6.21. The summed E-state index contributed by atoms with van der Waals surface area (Å²) in [6.07, 6.45) is -0.608. The molecule has 5 nitrogen and oxygen atoms in total. The Morgan fingerprint density at radius 3 is 2.78 bits per heavy atom. The molecule has 146 valence electrons. The van der Waals surface area contributed by atoms with Crippen molar-refractivity contribution in [3.63, 3.8) is 0 Å². The summed E-state index contributed by atoms with van der Waals surface area (Å²) >= 11 is 6.00. The number of carbonyl (C=O) groups is 1. The lowest BCUT2D eigenvalue weighted by molar-refractivity contribution is -0.141. The molecule has 3 rings (SSSR count). The zero-order chi connectivity index (χ0) is 18.5. The number of amides is 1. The van der Waals surface area contributed by atoms with Crippen LogP contribution in [0.5, 0.6) is 11.5 Å². The first kappa shape index (κ1) is 21.4. The topological polar surface area (TPSA) is 50.8 Å². The largest absolute Gasteiger partial charge is 0.496 e. The van der Waals surface area contributed by atoms with E-state index in [1.807, 2.05) is 29.2 Å². The number of para-hydroxylation sites is 1. The lowest BCUT2D eigenvalue weighted by Crippen LogP contribution is -2.52. The fourth-order valence-corrected chi connectivity index (χ4v) is 3.40. The first-order chi connectivity index (χ1) is 12.6. The SMILES string of the molecule is COc1ccccc1C1CNCCN1C(=O)C(C)Oc1cccc(Cl)c1.Cl. The fraction of sp³-hybridized carbons (Fsp3) is 0.350. The Morgan fingerprint density at radius 2 is 2.04 bits per heavy atom. The van der Waals surface area contributed by atoms with Crippen LogP contribution in [0.3, 0.4) is 0 Å². The van der Waals surface area contributed by atoms with E-state index in [4.69, 9.17) is 21.1 Å². The molecule has 1 amide bonds. The van der Waals surface area contributed by atoms with Crippen LogP contribution in [0.2, 0.25) is 5.02 Å². The van der Waals surface area contributed by atoms with Gasteiger partial charge in [0, 0.05) is 30.2 Å². The van der Waals surface area contributed by atoms with E-state index < -0.39 is 6.10 Å². The Balaban J connectivity index is 0.00000261. The number of hydrogen-bond acceptors (Lipinski definition) is 4. The van der Waals surface area contributed by atoms with E-state index in [9.17, 15) is 4.79 Å². The van der Waals surface area contributed by atoms with Gasteiger partial charge < -0.3 is 19.7 Å². The standard InChI is InChI=1S/C20H23ClN2O3.ClH/c1-14(26-16-7-5-6-15(21)12-16)20(24)23-11-10-22-13-18(23)17-8-3-4-9-19(17)25-2;/h3-9,12,14,18,22H,10-11,13H2,1-2H3;1H. The van der Waals surface area contributed by atoms with Crippen molar-refractivity contribution in [3.05, 3.63) is 59.1 Å². The molecule has 0 saturated carbocycles. The van der Waals surface area contributed by atoms with Crippen molar-refractivity contribution in [1.29, 1.82) is 0 Å². The van der Waals surface area contributed by atoms with Gasteiger partial charge in [0.25, 0.3) is 5.91 Å². The third-order valence-corrected chi connectivity index (χ3v) is 4.72. The molecule has 1 fully saturated rings. The molecule has 7 heteroatoms. The molecule has 0 aliphatic carbocycles. The van der Waals surface area contributed by atoms with E-state index in [0.29, 0.717) is 23.9 Å². The average molecular weight is 411 g/mol. The monoisotopic (exact) mass is 410 g/mol. The molecular weight excluding hydrogens is 387 g/mol. The van der Waals surface area contributed by atoms with Gasteiger partial charge in [-0.2, -0.15) is 0 Å². The molecule has 0 radical (unpaired) electrons. The van der Waals surface area contributed by atoms with Gasteiger partial charge in [0.2, 0.25) is 0 Å². The molecule has 2 aromatic rings. The number of nitrogens with one attached hydrogen (secondary N) is 1. The van der Waals surface area contributed by atoms with Gasteiger partial charge in [-0.05, 0) is 31.2 Å². The molecule has 2 atom stereocenters. The molecule has 2 aromatic carbocycles. The van der Waals surface area contributed by atoms with Gasteiger partial charge in [0.1, 0.15) is 11.5 Å². The normalized spacial score (nSPS) is 17.6. The van der Waals surface area contributed by atoms with Crippen LogP contribution in [-0.4, -0.2) is 43.7 Å². The minimum Gasteiger partial charge on any atom is -0.496 e. The second-order valence-corrected chi connectivity index (χ2v) is 6.65. The van der Waals surface area contributed by atoms with Gasteiger partial charge in [-0.15, -0.1) is 12.4 Å². The first-order valence-corrected chi connectivity index (χ1v) is 9.04. The summed E-state index contributed by atoms with van der Waals surface area (Å²) < 4.78 is 11.3. The minimum absolute atomic E-state index is 0. The zero-order valence-corrected chi connectivity index (χ0v) is 16.9. The number of nitrogens with zero attached hydrogens (tertiary/aromatic N) is 1. The third-order valence-electron chi connectivity index (χ3n) is 4.48. The Morgan fingerprint density at radius 1 is 1.26 bits per heavy atom. The summed E-state index contributed by atoms with van der Waals surface area (Å²) in [4.78, 5) is 14.9. The highest BCUT2D eigenvalue weighted by Gasteiger charge is 2.33. The van der Waals surface area contributed by atoms with Crippen molar-refractivity contribution in [1.82, 2.24) is 10.2 Å². The number of hydrogen-bond donors (Lipinski definition) is 1. The quantitative estimate of drug-likeness (QED) is 0.815. The van der Waals surface area contributed by atoms with Crippen LogP contribution in [0.25, 0.3) is 0 Å². The second kappa shape index (κ2) is 9.83. The molecule has 1 aliphatic heterocycles. The molecule has 1 N–H and O–H groups in total. The average Bonchev–Trinajstić information content (AvgIpc) is 2.67. The van der Waals surface area contributed by atoms with E-state index in [1.165, 1.54) is 0 Å². The summed E-state index contributed by atoms with van der Waals surface area (Å²) in [7, 11) is 1.64. The molecule has 0 spiro atoms. The van der Waals surface area contributed by atoms with E-state index in [-0.39, 0.29) is 24.4 Å². The summed E-state index contributed by atoms with van der Waals surface area (Å²) in [5, 5.41) is 3.94. The number of methoxy groups -OCH3 is 1. The van der Waals surface area contributed by atoms with Crippen LogP contribution in [0.15, 0.2) is 48.5 Å². The minimum atomic E-state index is -0.608. The summed E-state index contributed by atoms with van der Waals surface area (Å²) in [5.41, 5.74) is 0.991. The third kappa shape index (κ3) is 5.06. The molecule has 0 aromatic heterocycles.